The molecule has 0 aliphatic carbocycles. The summed E-state index contributed by atoms with van der Waals surface area (Å²) in [5.41, 5.74) is 0. The molecular weight excluding hydrogens is 198 g/mol. The number of alkyl halides is 3. The molecule has 1 N–H and O–H groups in total. The average molecular weight is 205 g/mol. The van der Waals surface area contributed by atoms with Gasteiger partial charge >= 0.3 is 6.11 Å². The van der Waals surface area contributed by atoms with E-state index in [9.17, 15) is 8.78 Å². The molecule has 0 rings (SSSR count). The van der Waals surface area contributed by atoms with Crippen LogP contribution < -0.4 is 0 Å². The Morgan fingerprint density at radius 3 is 2.33 bits per heavy atom. The highest BCUT2D eigenvalue weighted by atomic mass is 79.9. The molecule has 1 unspecified atom stereocenters. The molecule has 0 saturated carbocycles. The van der Waals surface area contributed by atoms with Gasteiger partial charge in [-0.25, -0.2) is 0 Å². The van der Waals surface area contributed by atoms with Gasteiger partial charge in [-0.1, -0.05) is 15.9 Å². The van der Waals surface area contributed by atoms with Crippen LogP contribution in [0.1, 0.15) is 6.92 Å². The summed E-state index contributed by atoms with van der Waals surface area (Å²) in [6.45, 7) is 0.104. The lowest BCUT2D eigenvalue weighted by Gasteiger charge is -2.14. The lowest BCUT2D eigenvalue weighted by Crippen LogP contribution is -2.27. The van der Waals surface area contributed by atoms with Gasteiger partial charge in [0, 0.05) is 0 Å². The van der Waals surface area contributed by atoms with Crippen molar-refractivity contribution in [3.05, 3.63) is 0 Å². The van der Waals surface area contributed by atoms with Gasteiger partial charge in [-0.3, -0.25) is 0 Å². The molecule has 1 atom stereocenters. The van der Waals surface area contributed by atoms with E-state index in [0.717, 1.165) is 0 Å². The molecule has 0 heterocycles. The van der Waals surface area contributed by atoms with E-state index in [2.05, 4.69) is 20.7 Å². The Labute approximate surface area is 59.9 Å². The van der Waals surface area contributed by atoms with E-state index >= 15 is 0 Å². The van der Waals surface area contributed by atoms with Crippen LogP contribution in [0.15, 0.2) is 0 Å². The van der Waals surface area contributed by atoms with Crippen LogP contribution in [0.5, 0.6) is 0 Å². The second kappa shape index (κ2) is 3.43. The average Bonchev–Trinajstić information content (AvgIpc) is 1.63. The normalized spacial score (nSPS) is 15.7. The minimum Gasteiger partial charge on any atom is -0.387 e. The fourth-order valence-electron chi connectivity index (χ4n) is 0.275. The molecule has 0 radical (unpaired) electrons. The van der Waals surface area contributed by atoms with Crippen LogP contribution in [-0.4, -0.2) is 22.8 Å². The fraction of sp³-hybridized carbons (Fsp3) is 1.00. The van der Waals surface area contributed by atoms with Crippen molar-refractivity contribution in [3.63, 3.8) is 0 Å². The second-order valence-electron chi connectivity index (χ2n) is 1.46. The molecule has 9 heavy (non-hydrogen) atoms. The largest absolute Gasteiger partial charge is 0.387 e. The lowest BCUT2D eigenvalue weighted by atomic mass is 10.7. The Balaban J connectivity index is 3.58. The number of rotatable bonds is 3. The van der Waals surface area contributed by atoms with Crippen LogP contribution in [0.2, 0.25) is 0 Å². The zero-order valence-corrected chi connectivity index (χ0v) is 6.36. The molecule has 0 amide bonds. The Kier molecular flexibility index (Phi) is 3.53. The molecule has 0 aliphatic heterocycles. The van der Waals surface area contributed by atoms with Crippen molar-refractivity contribution in [2.24, 2.45) is 0 Å². The lowest BCUT2D eigenvalue weighted by molar-refractivity contribution is -0.260. The third kappa shape index (κ3) is 4.74. The van der Waals surface area contributed by atoms with Gasteiger partial charge in [0.05, 0.1) is 0 Å². The predicted molar refractivity (Wildman–Crippen MR) is 31.5 cm³/mol. The van der Waals surface area contributed by atoms with E-state index in [4.69, 9.17) is 5.11 Å². The predicted octanol–water partition coefficient (Wildman–Crippen LogP) is 1.33. The molecule has 0 aromatic carbocycles. The Morgan fingerprint density at radius 1 is 1.78 bits per heavy atom. The van der Waals surface area contributed by atoms with Crippen LogP contribution in [0, 0.1) is 0 Å². The van der Waals surface area contributed by atoms with Crippen LogP contribution in [0.4, 0.5) is 8.78 Å². The van der Waals surface area contributed by atoms with Crippen LogP contribution >= 0.6 is 15.9 Å². The van der Waals surface area contributed by atoms with Crippen molar-refractivity contribution >= 4 is 15.9 Å². The fourth-order valence-corrected chi connectivity index (χ4v) is 0.548. The van der Waals surface area contributed by atoms with Gasteiger partial charge < -0.3 is 9.84 Å². The van der Waals surface area contributed by atoms with Crippen LogP contribution in [0.3, 0.4) is 0 Å². The van der Waals surface area contributed by atoms with Crippen molar-refractivity contribution in [3.8, 4) is 0 Å². The highest BCUT2D eigenvalue weighted by Crippen LogP contribution is 2.18. The molecular formula is C4H7BrF2O2. The summed E-state index contributed by atoms with van der Waals surface area (Å²) in [4.78, 5) is 0. The number of aliphatic hydroxyl groups excluding tert-OH is 1. The number of hydrogen-bond acceptors (Lipinski definition) is 2. The molecule has 0 spiro atoms. The van der Waals surface area contributed by atoms with Gasteiger partial charge in [-0.05, 0) is 6.92 Å². The van der Waals surface area contributed by atoms with Gasteiger partial charge in [-0.2, -0.15) is 8.78 Å². The van der Waals surface area contributed by atoms with Gasteiger partial charge in [0.1, 0.15) is 11.6 Å². The molecule has 0 fully saturated rings. The van der Waals surface area contributed by atoms with E-state index in [1.807, 2.05) is 0 Å². The monoisotopic (exact) mass is 204 g/mol. The quantitative estimate of drug-likeness (QED) is 0.704. The maximum absolute atomic E-state index is 11.9. The summed E-state index contributed by atoms with van der Waals surface area (Å²) in [6.07, 6.45) is -3.43. The first-order chi connectivity index (χ1) is 3.98. The molecule has 0 bridgehead atoms. The standard InChI is InChI=1S/C4H7BrF2O2/c1-3(5)9-4(6,7)2-8/h3,8H,2H2,1H3. The first kappa shape index (κ1) is 9.26. The summed E-state index contributed by atoms with van der Waals surface area (Å²) in [7, 11) is 0. The van der Waals surface area contributed by atoms with Crippen molar-refractivity contribution in [1.82, 2.24) is 0 Å². The number of hydrogen-bond donors (Lipinski definition) is 1. The van der Waals surface area contributed by atoms with E-state index in [-0.39, 0.29) is 0 Å². The van der Waals surface area contributed by atoms with Crippen molar-refractivity contribution in [2.75, 3.05) is 6.61 Å². The zero-order valence-electron chi connectivity index (χ0n) is 4.77. The van der Waals surface area contributed by atoms with Gasteiger partial charge in [0.25, 0.3) is 0 Å². The van der Waals surface area contributed by atoms with E-state index in [1.54, 1.807) is 0 Å². The maximum Gasteiger partial charge on any atom is 0.379 e. The summed E-state index contributed by atoms with van der Waals surface area (Å²) in [5, 5.41) is 7.20. The van der Waals surface area contributed by atoms with Gasteiger partial charge in [-0.15, -0.1) is 0 Å². The molecule has 0 saturated heterocycles. The van der Waals surface area contributed by atoms with Crippen molar-refractivity contribution < 1.29 is 18.6 Å². The Bertz CT molecular complexity index is 86.6. The summed E-state index contributed by atoms with van der Waals surface area (Å²) in [5.74, 6) is 0. The minimum absolute atomic E-state index is 0.750. The van der Waals surface area contributed by atoms with Crippen LogP contribution in [-0.2, 0) is 4.74 Å². The SMILES string of the molecule is CC(Br)OC(F)(F)CO. The Hall–Kier alpha value is 0.260. The third-order valence-corrected chi connectivity index (χ3v) is 0.706. The number of aliphatic hydroxyl groups is 1. The zero-order chi connectivity index (χ0) is 7.49. The number of halogens is 3. The maximum atomic E-state index is 11.9. The first-order valence-corrected chi connectivity index (χ1v) is 3.20. The van der Waals surface area contributed by atoms with Crippen molar-refractivity contribution in [1.29, 1.82) is 0 Å². The smallest absolute Gasteiger partial charge is 0.379 e. The molecule has 2 nitrogen and oxygen atoms in total. The third-order valence-electron chi connectivity index (χ3n) is 0.519. The van der Waals surface area contributed by atoms with Crippen LogP contribution in [0.25, 0.3) is 0 Å². The highest BCUT2D eigenvalue weighted by molar-refractivity contribution is 9.09. The van der Waals surface area contributed by atoms with E-state index < -0.39 is 17.7 Å². The van der Waals surface area contributed by atoms with Crippen molar-refractivity contribution in [2.45, 2.75) is 18.0 Å². The molecule has 0 aliphatic rings. The molecule has 0 aromatic heterocycles. The summed E-state index contributed by atoms with van der Waals surface area (Å²) in [6, 6.07) is 0. The molecule has 0 aromatic rings. The number of ether oxygens (including phenoxy) is 1. The molecule has 5 heteroatoms. The topological polar surface area (TPSA) is 29.5 Å². The van der Waals surface area contributed by atoms with E-state index in [0.29, 0.717) is 0 Å². The van der Waals surface area contributed by atoms with Gasteiger partial charge in [0.15, 0.2) is 0 Å². The first-order valence-electron chi connectivity index (χ1n) is 2.28. The summed E-state index contributed by atoms with van der Waals surface area (Å²) >= 11 is 2.74. The minimum atomic E-state index is -3.43. The summed E-state index contributed by atoms with van der Waals surface area (Å²) < 4.78 is 27.7. The Morgan fingerprint density at radius 2 is 2.22 bits per heavy atom. The second-order valence-corrected chi connectivity index (χ2v) is 2.75. The highest BCUT2D eigenvalue weighted by Gasteiger charge is 2.30. The molecule has 56 valence electrons. The van der Waals surface area contributed by atoms with Gasteiger partial charge in [0.2, 0.25) is 0 Å². The van der Waals surface area contributed by atoms with E-state index in [1.165, 1.54) is 6.92 Å².